The van der Waals surface area contributed by atoms with Crippen LogP contribution in [0.5, 0.6) is 0 Å². The number of ether oxygens (including phenoxy) is 1. The molecule has 1 heterocycles. The summed E-state index contributed by atoms with van der Waals surface area (Å²) in [5, 5.41) is 0. The summed E-state index contributed by atoms with van der Waals surface area (Å²) in [4.78, 5) is 0. The molecule has 0 aliphatic carbocycles. The fourth-order valence-electron chi connectivity index (χ4n) is 2.30. The van der Waals surface area contributed by atoms with Crippen molar-refractivity contribution in [3.05, 3.63) is 0 Å². The van der Waals surface area contributed by atoms with Gasteiger partial charge in [-0.15, -0.1) is 11.6 Å². The van der Waals surface area contributed by atoms with Gasteiger partial charge in [0.25, 0.3) is 0 Å². The van der Waals surface area contributed by atoms with E-state index in [0.29, 0.717) is 17.9 Å². The van der Waals surface area contributed by atoms with Gasteiger partial charge < -0.3 is 4.74 Å². The Bertz CT molecular complexity index is 127. The first-order valence-corrected chi connectivity index (χ1v) is 6.04. The highest BCUT2D eigenvalue weighted by Gasteiger charge is 2.30. The molecule has 0 aromatic carbocycles. The first kappa shape index (κ1) is 11.3. The third-order valence-corrected chi connectivity index (χ3v) is 3.60. The maximum absolute atomic E-state index is 5.95. The fourth-order valence-corrected chi connectivity index (χ4v) is 2.63. The van der Waals surface area contributed by atoms with Crippen LogP contribution in [0.3, 0.4) is 0 Å². The van der Waals surface area contributed by atoms with E-state index < -0.39 is 0 Å². The molecule has 0 saturated carbocycles. The predicted molar refractivity (Wildman–Crippen MR) is 57.3 cm³/mol. The van der Waals surface area contributed by atoms with Crippen molar-refractivity contribution >= 4 is 11.6 Å². The van der Waals surface area contributed by atoms with Crippen molar-refractivity contribution in [2.45, 2.75) is 45.6 Å². The van der Waals surface area contributed by atoms with Crippen molar-refractivity contribution in [2.75, 3.05) is 12.5 Å². The summed E-state index contributed by atoms with van der Waals surface area (Å²) in [6.07, 6.45) is 5.31. The van der Waals surface area contributed by atoms with Gasteiger partial charge >= 0.3 is 0 Å². The van der Waals surface area contributed by atoms with Crippen LogP contribution in [0.2, 0.25) is 0 Å². The average Bonchev–Trinajstić information content (AvgIpc) is 2.20. The fraction of sp³-hybridized carbons (Fsp3) is 1.00. The van der Waals surface area contributed by atoms with E-state index in [1.165, 1.54) is 25.7 Å². The van der Waals surface area contributed by atoms with E-state index in [1.54, 1.807) is 0 Å². The van der Waals surface area contributed by atoms with E-state index >= 15 is 0 Å². The molecule has 1 rings (SSSR count). The van der Waals surface area contributed by atoms with Crippen molar-refractivity contribution in [1.29, 1.82) is 0 Å². The minimum Gasteiger partial charge on any atom is -0.378 e. The largest absolute Gasteiger partial charge is 0.378 e. The molecule has 2 unspecified atom stereocenters. The zero-order valence-corrected chi connectivity index (χ0v) is 9.52. The Hall–Kier alpha value is 0.250. The van der Waals surface area contributed by atoms with Gasteiger partial charge in [-0.2, -0.15) is 0 Å². The lowest BCUT2D eigenvalue weighted by Crippen LogP contribution is -2.36. The molecule has 1 aliphatic heterocycles. The van der Waals surface area contributed by atoms with Crippen LogP contribution in [0.1, 0.15) is 39.5 Å². The van der Waals surface area contributed by atoms with Gasteiger partial charge in [-0.05, 0) is 24.7 Å². The van der Waals surface area contributed by atoms with Gasteiger partial charge in [0.15, 0.2) is 0 Å². The van der Waals surface area contributed by atoms with Gasteiger partial charge in [0.1, 0.15) is 0 Å². The Morgan fingerprint density at radius 1 is 1.38 bits per heavy atom. The Kier molecular flexibility index (Phi) is 5.12. The molecular formula is C11H21ClO. The molecule has 0 radical (unpaired) electrons. The lowest BCUT2D eigenvalue weighted by molar-refractivity contribution is -0.0556. The SMILES string of the molecule is CCC(CC)C1OCCCC1CCl. The number of halogens is 1. The van der Waals surface area contributed by atoms with Gasteiger partial charge in [-0.1, -0.05) is 26.7 Å². The molecule has 2 heteroatoms. The molecule has 1 saturated heterocycles. The Morgan fingerprint density at radius 3 is 2.62 bits per heavy atom. The summed E-state index contributed by atoms with van der Waals surface area (Å²) < 4.78 is 5.84. The van der Waals surface area contributed by atoms with Crippen LogP contribution in [0.15, 0.2) is 0 Å². The normalized spacial score (nSPS) is 29.5. The minimum atomic E-state index is 0.432. The predicted octanol–water partition coefficient (Wildman–Crippen LogP) is 3.46. The average molecular weight is 205 g/mol. The van der Waals surface area contributed by atoms with Crippen LogP contribution >= 0.6 is 11.6 Å². The number of rotatable bonds is 4. The van der Waals surface area contributed by atoms with Gasteiger partial charge in [-0.3, -0.25) is 0 Å². The summed E-state index contributed by atoms with van der Waals surface area (Å²) in [6, 6.07) is 0. The van der Waals surface area contributed by atoms with Crippen molar-refractivity contribution in [1.82, 2.24) is 0 Å². The van der Waals surface area contributed by atoms with Crippen LogP contribution < -0.4 is 0 Å². The third kappa shape index (κ3) is 2.85. The smallest absolute Gasteiger partial charge is 0.0642 e. The molecular weight excluding hydrogens is 184 g/mol. The summed E-state index contributed by atoms with van der Waals surface area (Å²) in [5.74, 6) is 2.07. The summed E-state index contributed by atoms with van der Waals surface area (Å²) in [7, 11) is 0. The molecule has 0 amide bonds. The van der Waals surface area contributed by atoms with Gasteiger partial charge in [-0.25, -0.2) is 0 Å². The van der Waals surface area contributed by atoms with Gasteiger partial charge in [0.2, 0.25) is 0 Å². The molecule has 1 nitrogen and oxygen atoms in total. The van der Waals surface area contributed by atoms with Crippen LogP contribution in [0, 0.1) is 11.8 Å². The zero-order valence-electron chi connectivity index (χ0n) is 8.76. The van der Waals surface area contributed by atoms with E-state index in [9.17, 15) is 0 Å². The van der Waals surface area contributed by atoms with Gasteiger partial charge in [0.05, 0.1) is 6.10 Å². The van der Waals surface area contributed by atoms with Crippen molar-refractivity contribution in [3.63, 3.8) is 0 Å². The molecule has 1 fully saturated rings. The van der Waals surface area contributed by atoms with Crippen LogP contribution in [-0.2, 0) is 4.74 Å². The Labute approximate surface area is 86.8 Å². The number of hydrogen-bond donors (Lipinski definition) is 0. The second-order valence-corrected chi connectivity index (χ2v) is 4.28. The van der Waals surface area contributed by atoms with Crippen LogP contribution in [-0.4, -0.2) is 18.6 Å². The molecule has 2 atom stereocenters. The molecule has 1 aliphatic rings. The molecule has 0 aromatic rings. The van der Waals surface area contributed by atoms with E-state index in [1.807, 2.05) is 0 Å². The highest BCUT2D eigenvalue weighted by atomic mass is 35.5. The number of hydrogen-bond acceptors (Lipinski definition) is 1. The van der Waals surface area contributed by atoms with E-state index in [0.717, 1.165) is 12.5 Å². The second-order valence-electron chi connectivity index (χ2n) is 3.97. The Balaban J connectivity index is 2.51. The van der Waals surface area contributed by atoms with Crippen molar-refractivity contribution < 1.29 is 4.74 Å². The summed E-state index contributed by atoms with van der Waals surface area (Å²) >= 11 is 5.95. The molecule has 13 heavy (non-hydrogen) atoms. The number of alkyl halides is 1. The minimum absolute atomic E-state index is 0.432. The zero-order chi connectivity index (χ0) is 9.68. The van der Waals surface area contributed by atoms with Crippen LogP contribution in [0.4, 0.5) is 0 Å². The quantitative estimate of drug-likeness (QED) is 0.638. The maximum Gasteiger partial charge on any atom is 0.0642 e. The van der Waals surface area contributed by atoms with E-state index in [2.05, 4.69) is 13.8 Å². The van der Waals surface area contributed by atoms with Crippen molar-refractivity contribution in [3.8, 4) is 0 Å². The highest BCUT2D eigenvalue weighted by Crippen LogP contribution is 2.30. The summed E-state index contributed by atoms with van der Waals surface area (Å²) in [6.45, 7) is 5.43. The maximum atomic E-state index is 5.95. The summed E-state index contributed by atoms with van der Waals surface area (Å²) in [5.41, 5.74) is 0. The van der Waals surface area contributed by atoms with Crippen LogP contribution in [0.25, 0.3) is 0 Å². The first-order chi connectivity index (χ1) is 6.33. The first-order valence-electron chi connectivity index (χ1n) is 5.51. The van der Waals surface area contributed by atoms with Crippen molar-refractivity contribution in [2.24, 2.45) is 11.8 Å². The standard InChI is InChI=1S/C11H21ClO/c1-3-9(4-2)11-10(8-12)6-5-7-13-11/h9-11H,3-8H2,1-2H3. The second kappa shape index (κ2) is 5.87. The molecule has 0 bridgehead atoms. The molecule has 0 N–H and O–H groups in total. The lowest BCUT2D eigenvalue weighted by Gasteiger charge is -2.35. The molecule has 0 spiro atoms. The Morgan fingerprint density at radius 2 is 2.08 bits per heavy atom. The van der Waals surface area contributed by atoms with E-state index in [4.69, 9.17) is 16.3 Å². The molecule has 0 aromatic heterocycles. The topological polar surface area (TPSA) is 9.23 Å². The van der Waals surface area contributed by atoms with E-state index in [-0.39, 0.29) is 0 Å². The van der Waals surface area contributed by atoms with Gasteiger partial charge in [0, 0.05) is 12.5 Å². The monoisotopic (exact) mass is 204 g/mol. The third-order valence-electron chi connectivity index (χ3n) is 3.21. The highest BCUT2D eigenvalue weighted by molar-refractivity contribution is 6.18. The molecule has 78 valence electrons. The lowest BCUT2D eigenvalue weighted by atomic mass is 9.84.